The van der Waals surface area contributed by atoms with Crippen molar-refractivity contribution in [2.24, 2.45) is 0 Å². The van der Waals surface area contributed by atoms with Gasteiger partial charge in [-0.15, -0.1) is 0 Å². The van der Waals surface area contributed by atoms with Crippen LogP contribution in [0.4, 0.5) is 4.79 Å². The molecule has 7 heteroatoms. The summed E-state index contributed by atoms with van der Waals surface area (Å²) in [5, 5.41) is 6.01. The first-order chi connectivity index (χ1) is 15.2. The van der Waals surface area contributed by atoms with E-state index in [2.05, 4.69) is 11.9 Å². The molecule has 0 aliphatic heterocycles. The number of amides is 1. The standard InChI is InChI=1S/C24H25NO6/c1-3-21(26)30-16-15-28-14-13-25-24(27)31-23-19-11-7-5-9-17(19)22(29-4-2)18-10-6-8-12-20(18)23/h3,5-12H,1,4,13-16H2,2H3,(H,25,27). The number of carbonyl (C=O) groups excluding carboxylic acids is 2. The van der Waals surface area contributed by atoms with Crippen LogP contribution in [0.5, 0.6) is 11.5 Å². The largest absolute Gasteiger partial charge is 0.493 e. The van der Waals surface area contributed by atoms with Gasteiger partial charge >= 0.3 is 12.1 Å². The van der Waals surface area contributed by atoms with Gasteiger partial charge in [-0.1, -0.05) is 55.1 Å². The highest BCUT2D eigenvalue weighted by molar-refractivity contribution is 6.11. The third-order valence-corrected chi connectivity index (χ3v) is 4.47. The van der Waals surface area contributed by atoms with Gasteiger partial charge in [-0.2, -0.15) is 0 Å². The number of hydrogen-bond donors (Lipinski definition) is 1. The second-order valence-corrected chi connectivity index (χ2v) is 6.48. The summed E-state index contributed by atoms with van der Waals surface area (Å²) in [4.78, 5) is 23.4. The topological polar surface area (TPSA) is 83.1 Å². The average molecular weight is 423 g/mol. The SMILES string of the molecule is C=CC(=O)OCCOCCNC(=O)Oc1c2ccccc2c(OCC)c2ccccc12. The van der Waals surface area contributed by atoms with Gasteiger partial charge in [-0.3, -0.25) is 0 Å². The van der Waals surface area contributed by atoms with Crippen molar-refractivity contribution in [1.82, 2.24) is 5.32 Å². The Kier molecular flexibility index (Phi) is 7.84. The molecule has 0 fully saturated rings. The zero-order valence-electron chi connectivity index (χ0n) is 17.4. The van der Waals surface area contributed by atoms with Gasteiger partial charge in [0.25, 0.3) is 0 Å². The molecule has 3 aromatic rings. The lowest BCUT2D eigenvalue weighted by molar-refractivity contribution is -0.139. The maximum absolute atomic E-state index is 12.4. The molecule has 0 aliphatic rings. The summed E-state index contributed by atoms with van der Waals surface area (Å²) >= 11 is 0. The first kappa shape index (κ1) is 22.1. The molecule has 0 bridgehead atoms. The molecule has 162 valence electrons. The van der Waals surface area contributed by atoms with Crippen LogP contribution in [0.1, 0.15) is 6.92 Å². The molecular formula is C24H25NO6. The quantitative estimate of drug-likeness (QED) is 0.227. The Labute approximate surface area is 180 Å². The van der Waals surface area contributed by atoms with Crippen LogP contribution in [0.25, 0.3) is 21.5 Å². The summed E-state index contributed by atoms with van der Waals surface area (Å²) in [6, 6.07) is 15.3. The van der Waals surface area contributed by atoms with Crippen LogP contribution >= 0.6 is 0 Å². The number of carbonyl (C=O) groups is 2. The lowest BCUT2D eigenvalue weighted by atomic mass is 10.0. The monoisotopic (exact) mass is 423 g/mol. The molecule has 3 rings (SSSR count). The number of esters is 1. The van der Waals surface area contributed by atoms with Crippen LogP contribution in [0.15, 0.2) is 61.2 Å². The van der Waals surface area contributed by atoms with Crippen LogP contribution in [0.2, 0.25) is 0 Å². The highest BCUT2D eigenvalue weighted by Gasteiger charge is 2.17. The van der Waals surface area contributed by atoms with Crippen molar-refractivity contribution in [1.29, 1.82) is 0 Å². The van der Waals surface area contributed by atoms with E-state index in [4.69, 9.17) is 18.9 Å². The summed E-state index contributed by atoms with van der Waals surface area (Å²) in [5.74, 6) is 0.747. The minimum Gasteiger partial charge on any atom is -0.493 e. The van der Waals surface area contributed by atoms with Gasteiger partial charge in [0.1, 0.15) is 18.1 Å². The number of hydrogen-bond acceptors (Lipinski definition) is 6. The molecule has 3 aromatic carbocycles. The molecule has 0 unspecified atom stereocenters. The molecule has 1 N–H and O–H groups in total. The number of nitrogens with one attached hydrogen (secondary N) is 1. The normalized spacial score (nSPS) is 10.6. The summed E-state index contributed by atoms with van der Waals surface area (Å²) < 4.78 is 21.7. The first-order valence-corrected chi connectivity index (χ1v) is 10.0. The maximum atomic E-state index is 12.4. The van der Waals surface area contributed by atoms with E-state index in [1.165, 1.54) is 0 Å². The van der Waals surface area contributed by atoms with Crippen LogP contribution < -0.4 is 14.8 Å². The van der Waals surface area contributed by atoms with E-state index in [-0.39, 0.29) is 26.4 Å². The van der Waals surface area contributed by atoms with Crippen molar-refractivity contribution in [3.63, 3.8) is 0 Å². The Bertz CT molecular complexity index is 1020. The summed E-state index contributed by atoms with van der Waals surface area (Å²) in [5.41, 5.74) is 0. The van der Waals surface area contributed by atoms with Gasteiger partial charge in [-0.05, 0) is 6.92 Å². The molecular weight excluding hydrogens is 398 g/mol. The number of rotatable bonds is 10. The molecule has 0 aromatic heterocycles. The first-order valence-electron chi connectivity index (χ1n) is 10.0. The van der Waals surface area contributed by atoms with Gasteiger partial charge in [0, 0.05) is 34.2 Å². The fourth-order valence-corrected chi connectivity index (χ4v) is 3.17. The lowest BCUT2D eigenvalue weighted by Crippen LogP contribution is -2.30. The van der Waals surface area contributed by atoms with Crippen LogP contribution in [0.3, 0.4) is 0 Å². The molecule has 0 atom stereocenters. The fourth-order valence-electron chi connectivity index (χ4n) is 3.17. The minimum absolute atomic E-state index is 0.124. The fraction of sp³-hybridized carbons (Fsp3) is 0.250. The zero-order chi connectivity index (χ0) is 22.1. The van der Waals surface area contributed by atoms with Crippen LogP contribution in [0, 0.1) is 0 Å². The highest BCUT2D eigenvalue weighted by atomic mass is 16.6. The van der Waals surface area contributed by atoms with E-state index in [1.807, 2.05) is 55.5 Å². The molecule has 7 nitrogen and oxygen atoms in total. The van der Waals surface area contributed by atoms with E-state index in [0.29, 0.717) is 12.4 Å². The molecule has 0 heterocycles. The molecule has 0 radical (unpaired) electrons. The van der Waals surface area contributed by atoms with Crippen molar-refractivity contribution in [3.05, 3.63) is 61.2 Å². The third kappa shape index (κ3) is 5.52. The van der Waals surface area contributed by atoms with Gasteiger partial charge in [0.15, 0.2) is 0 Å². The predicted molar refractivity (Wildman–Crippen MR) is 119 cm³/mol. The smallest absolute Gasteiger partial charge is 0.412 e. The van der Waals surface area contributed by atoms with Crippen molar-refractivity contribution in [3.8, 4) is 11.5 Å². The second kappa shape index (κ2) is 11.0. The average Bonchev–Trinajstić information content (AvgIpc) is 2.80. The van der Waals surface area contributed by atoms with E-state index < -0.39 is 12.1 Å². The number of ether oxygens (including phenoxy) is 4. The lowest BCUT2D eigenvalue weighted by Gasteiger charge is -2.16. The molecule has 0 spiro atoms. The number of benzene rings is 3. The van der Waals surface area contributed by atoms with Crippen molar-refractivity contribution in [2.45, 2.75) is 6.92 Å². The Hall–Kier alpha value is -3.58. The van der Waals surface area contributed by atoms with Crippen molar-refractivity contribution >= 4 is 33.6 Å². The van der Waals surface area contributed by atoms with E-state index in [0.717, 1.165) is 33.4 Å². The Balaban J connectivity index is 1.68. The second-order valence-electron chi connectivity index (χ2n) is 6.48. The third-order valence-electron chi connectivity index (χ3n) is 4.47. The van der Waals surface area contributed by atoms with Gasteiger partial charge in [-0.25, -0.2) is 9.59 Å². The minimum atomic E-state index is -0.582. The van der Waals surface area contributed by atoms with E-state index in [1.54, 1.807) is 0 Å². The van der Waals surface area contributed by atoms with Crippen LogP contribution in [-0.2, 0) is 14.3 Å². The van der Waals surface area contributed by atoms with E-state index in [9.17, 15) is 9.59 Å². The predicted octanol–water partition coefficient (Wildman–Crippen LogP) is 4.23. The van der Waals surface area contributed by atoms with Gasteiger partial charge < -0.3 is 24.3 Å². The molecule has 31 heavy (non-hydrogen) atoms. The molecule has 0 saturated heterocycles. The van der Waals surface area contributed by atoms with Crippen LogP contribution in [-0.4, -0.2) is 45.0 Å². The Morgan fingerprint density at radius 3 is 2.03 bits per heavy atom. The van der Waals surface area contributed by atoms with Gasteiger partial charge in [0.05, 0.1) is 19.8 Å². The Morgan fingerprint density at radius 1 is 0.903 bits per heavy atom. The maximum Gasteiger partial charge on any atom is 0.412 e. The Morgan fingerprint density at radius 2 is 1.48 bits per heavy atom. The summed E-state index contributed by atoms with van der Waals surface area (Å²) in [7, 11) is 0. The highest BCUT2D eigenvalue weighted by Crippen LogP contribution is 2.42. The summed E-state index contributed by atoms with van der Waals surface area (Å²) in [6.07, 6.45) is 0.507. The van der Waals surface area contributed by atoms with E-state index >= 15 is 0 Å². The molecule has 1 amide bonds. The number of fused-ring (bicyclic) bond motifs is 2. The molecule has 0 saturated carbocycles. The van der Waals surface area contributed by atoms with Crippen molar-refractivity contribution in [2.75, 3.05) is 33.0 Å². The van der Waals surface area contributed by atoms with Gasteiger partial charge in [0.2, 0.25) is 0 Å². The van der Waals surface area contributed by atoms with Crippen molar-refractivity contribution < 1.29 is 28.5 Å². The summed E-state index contributed by atoms with van der Waals surface area (Å²) in [6.45, 7) is 6.64. The zero-order valence-corrected chi connectivity index (χ0v) is 17.4. The molecule has 0 aliphatic carbocycles.